The number of hydrogen-bond acceptors (Lipinski definition) is 13. The van der Waals surface area contributed by atoms with Crippen LogP contribution in [-0.4, -0.2) is 35.1 Å². The second-order valence-electron chi connectivity index (χ2n) is 5.65. The molecule has 0 spiro atoms. The predicted octanol–water partition coefficient (Wildman–Crippen LogP) is 3.79. The molecule has 4 heterocycles. The van der Waals surface area contributed by atoms with Crippen molar-refractivity contribution in [1.29, 1.82) is 0 Å². The fraction of sp³-hybridized carbons (Fsp3) is 0. The van der Waals surface area contributed by atoms with E-state index in [-0.39, 0.29) is 11.5 Å². The zero-order chi connectivity index (χ0) is 24.2. The highest BCUT2D eigenvalue weighted by molar-refractivity contribution is 7.99. The van der Waals surface area contributed by atoms with Gasteiger partial charge in [-0.1, -0.05) is 6.07 Å². The molecule has 0 aromatic carbocycles. The van der Waals surface area contributed by atoms with Crippen molar-refractivity contribution in [2.45, 2.75) is 20.2 Å². The summed E-state index contributed by atoms with van der Waals surface area (Å²) in [6, 6.07) is 13.1. The van der Waals surface area contributed by atoms with Crippen LogP contribution >= 0.6 is 23.5 Å². The van der Waals surface area contributed by atoms with Crippen LogP contribution in [0, 0.1) is 20.2 Å². The third-order valence-corrected chi connectivity index (χ3v) is 5.23. The van der Waals surface area contributed by atoms with E-state index in [2.05, 4.69) is 34.6 Å². The van der Waals surface area contributed by atoms with Crippen LogP contribution in [0.1, 0.15) is 0 Å². The predicted molar refractivity (Wildman–Crippen MR) is 118 cm³/mol. The summed E-state index contributed by atoms with van der Waals surface area (Å²) in [6.45, 7) is 0. The van der Waals surface area contributed by atoms with Gasteiger partial charge >= 0.3 is 0 Å². The SMILES string of the molecule is O=[N+]([O-])Oc1cccnc1Sc1ccccn1.O=[N+]([O-])Oc1cccnc1Sc1ncccn1. The lowest BCUT2D eigenvalue weighted by molar-refractivity contribution is -0.711. The average Bonchev–Trinajstić information content (AvgIpc) is 2.83. The van der Waals surface area contributed by atoms with Crippen molar-refractivity contribution >= 4 is 23.5 Å². The smallest absolute Gasteiger partial charge is 0.273 e. The molecule has 0 aliphatic rings. The van der Waals surface area contributed by atoms with Crippen LogP contribution < -0.4 is 9.68 Å². The number of aromatic nitrogens is 5. The van der Waals surface area contributed by atoms with Crippen molar-refractivity contribution in [1.82, 2.24) is 24.9 Å². The Hall–Kier alpha value is -4.37. The zero-order valence-corrected chi connectivity index (χ0v) is 18.5. The molecule has 0 aliphatic heterocycles. The second-order valence-corrected chi connectivity index (χ2v) is 7.61. The van der Waals surface area contributed by atoms with E-state index in [0.29, 0.717) is 20.2 Å². The quantitative estimate of drug-likeness (QED) is 0.195. The molecule has 4 aromatic heterocycles. The van der Waals surface area contributed by atoms with E-state index in [1.54, 1.807) is 48.9 Å². The molecule has 0 fully saturated rings. The number of pyridine rings is 3. The van der Waals surface area contributed by atoms with Gasteiger partial charge in [0, 0.05) is 31.0 Å². The lowest BCUT2D eigenvalue weighted by atomic mass is 10.5. The summed E-state index contributed by atoms with van der Waals surface area (Å²) >= 11 is 2.30. The Morgan fingerprint density at radius 3 is 1.68 bits per heavy atom. The Morgan fingerprint density at radius 2 is 1.15 bits per heavy atom. The Morgan fingerprint density at radius 1 is 0.618 bits per heavy atom. The zero-order valence-electron chi connectivity index (χ0n) is 16.9. The maximum atomic E-state index is 10.3. The average molecular weight is 499 g/mol. The first-order valence-corrected chi connectivity index (χ1v) is 10.7. The minimum atomic E-state index is -0.882. The topological polar surface area (TPSA) is 169 Å². The maximum Gasteiger partial charge on any atom is 0.299 e. The Labute approximate surface area is 199 Å². The molecule has 0 N–H and O–H groups in total. The molecule has 4 rings (SSSR count). The summed E-state index contributed by atoms with van der Waals surface area (Å²) in [6.07, 6.45) is 7.84. The van der Waals surface area contributed by atoms with E-state index in [0.717, 1.165) is 11.8 Å². The lowest BCUT2D eigenvalue weighted by Gasteiger charge is -2.04. The molecular formula is C19H13N7O6S2. The van der Waals surface area contributed by atoms with Crippen LogP contribution in [0.25, 0.3) is 0 Å². The van der Waals surface area contributed by atoms with Gasteiger partial charge in [0.05, 0.1) is 0 Å². The highest BCUT2D eigenvalue weighted by Gasteiger charge is 2.11. The van der Waals surface area contributed by atoms with Crippen molar-refractivity contribution in [3.63, 3.8) is 0 Å². The Kier molecular flexibility index (Phi) is 9.00. The van der Waals surface area contributed by atoms with Crippen LogP contribution in [0.2, 0.25) is 0 Å². The van der Waals surface area contributed by atoms with Crippen LogP contribution in [0.5, 0.6) is 11.5 Å². The first-order valence-electron chi connectivity index (χ1n) is 9.10. The lowest BCUT2D eigenvalue weighted by Crippen LogP contribution is -2.05. The minimum Gasteiger partial charge on any atom is -0.273 e. The summed E-state index contributed by atoms with van der Waals surface area (Å²) in [7, 11) is 0. The summed E-state index contributed by atoms with van der Waals surface area (Å²) < 4.78 is 0. The molecule has 0 aliphatic carbocycles. The minimum absolute atomic E-state index is 0.0648. The second kappa shape index (κ2) is 12.6. The third kappa shape index (κ3) is 7.95. The van der Waals surface area contributed by atoms with E-state index in [1.807, 2.05) is 6.07 Å². The van der Waals surface area contributed by atoms with Gasteiger partial charge < -0.3 is 0 Å². The fourth-order valence-electron chi connectivity index (χ4n) is 2.14. The van der Waals surface area contributed by atoms with Gasteiger partial charge in [-0.25, -0.2) is 24.9 Å². The van der Waals surface area contributed by atoms with Gasteiger partial charge in [-0.2, -0.15) is 0 Å². The van der Waals surface area contributed by atoms with E-state index in [4.69, 9.17) is 0 Å². The summed E-state index contributed by atoms with van der Waals surface area (Å²) in [5, 5.41) is 20.7. The van der Waals surface area contributed by atoms with Gasteiger partial charge in [-0.3, -0.25) is 9.68 Å². The number of nitrogens with zero attached hydrogens (tertiary/aromatic N) is 7. The first-order chi connectivity index (χ1) is 16.5. The molecule has 0 bridgehead atoms. The largest absolute Gasteiger partial charge is 0.299 e. The molecule has 13 nitrogen and oxygen atoms in total. The standard InChI is InChI=1S/C10H7N3O3S.C9H6N4O3S/c14-13(15)16-8-4-3-7-12-10(8)17-9-5-1-2-6-11-9;14-13(15)16-7-3-1-4-10-8(7)17-9-11-5-2-6-12-9/h1-7H;1-6H. The van der Waals surface area contributed by atoms with Crippen LogP contribution in [-0.2, 0) is 0 Å². The van der Waals surface area contributed by atoms with Crippen LogP contribution in [0.4, 0.5) is 0 Å². The van der Waals surface area contributed by atoms with Crippen molar-refractivity contribution in [3.05, 3.63) is 99.7 Å². The molecule has 15 heteroatoms. The van der Waals surface area contributed by atoms with Crippen molar-refractivity contribution in [2.75, 3.05) is 0 Å². The molecule has 4 aromatic rings. The fourth-order valence-corrected chi connectivity index (χ4v) is 3.63. The van der Waals surface area contributed by atoms with Crippen molar-refractivity contribution in [3.8, 4) is 11.5 Å². The maximum absolute atomic E-state index is 10.3. The van der Waals surface area contributed by atoms with Crippen molar-refractivity contribution < 1.29 is 19.8 Å². The molecular weight excluding hydrogens is 486 g/mol. The van der Waals surface area contributed by atoms with E-state index >= 15 is 0 Å². The van der Waals surface area contributed by atoms with Gasteiger partial charge in [-0.15, -0.1) is 20.2 Å². The molecule has 172 valence electrons. The van der Waals surface area contributed by atoms with E-state index in [9.17, 15) is 20.2 Å². The van der Waals surface area contributed by atoms with Crippen LogP contribution in [0.3, 0.4) is 0 Å². The first kappa shape index (κ1) is 24.3. The summed E-state index contributed by atoms with van der Waals surface area (Å²) in [5.41, 5.74) is 0. The molecule has 0 radical (unpaired) electrons. The number of hydrogen-bond donors (Lipinski definition) is 0. The van der Waals surface area contributed by atoms with Gasteiger partial charge in [0.25, 0.3) is 10.2 Å². The molecule has 34 heavy (non-hydrogen) atoms. The highest BCUT2D eigenvalue weighted by atomic mass is 32.2. The molecule has 0 unspecified atom stereocenters. The number of rotatable bonds is 8. The molecule has 0 atom stereocenters. The van der Waals surface area contributed by atoms with Crippen molar-refractivity contribution in [2.24, 2.45) is 0 Å². The molecule has 0 saturated carbocycles. The molecule has 0 amide bonds. The third-order valence-electron chi connectivity index (χ3n) is 3.39. The van der Waals surface area contributed by atoms with E-state index in [1.165, 1.54) is 36.3 Å². The Bertz CT molecular complexity index is 1140. The summed E-state index contributed by atoms with van der Waals surface area (Å²) in [5.74, 6) is 0.170. The van der Waals surface area contributed by atoms with Gasteiger partial charge in [0.2, 0.25) is 0 Å². The monoisotopic (exact) mass is 499 g/mol. The highest BCUT2D eigenvalue weighted by Crippen LogP contribution is 2.32. The van der Waals surface area contributed by atoms with Gasteiger partial charge in [0.15, 0.2) is 16.7 Å². The normalized spacial score (nSPS) is 9.88. The van der Waals surface area contributed by atoms with Gasteiger partial charge in [0.1, 0.15) is 15.1 Å². The Balaban J connectivity index is 0.000000191. The van der Waals surface area contributed by atoms with Gasteiger partial charge in [-0.05, 0) is 66.0 Å². The van der Waals surface area contributed by atoms with Crippen LogP contribution in [0.15, 0.2) is 99.7 Å². The summed E-state index contributed by atoms with van der Waals surface area (Å²) in [4.78, 5) is 49.5. The van der Waals surface area contributed by atoms with E-state index < -0.39 is 10.2 Å². The molecule has 0 saturated heterocycles.